The zero-order chi connectivity index (χ0) is 21.1. The number of amides is 1. The zero-order valence-electron chi connectivity index (χ0n) is 16.1. The van der Waals surface area contributed by atoms with Gasteiger partial charge in [0.2, 0.25) is 0 Å². The topological polar surface area (TPSA) is 68.5 Å². The lowest BCUT2D eigenvalue weighted by Gasteiger charge is -2.04. The summed E-state index contributed by atoms with van der Waals surface area (Å²) in [6, 6.07) is 22.3. The van der Waals surface area contributed by atoms with Crippen LogP contribution in [0.3, 0.4) is 0 Å². The first kappa shape index (κ1) is 19.7. The van der Waals surface area contributed by atoms with Gasteiger partial charge in [0.1, 0.15) is 5.58 Å². The van der Waals surface area contributed by atoms with E-state index in [-0.39, 0.29) is 12.2 Å². The molecule has 150 valence electrons. The van der Waals surface area contributed by atoms with Gasteiger partial charge in [0.05, 0.1) is 6.42 Å². The summed E-state index contributed by atoms with van der Waals surface area (Å²) in [4.78, 5) is 29.3. The summed E-state index contributed by atoms with van der Waals surface area (Å²) in [5.74, 6) is -1.07. The molecule has 1 aromatic heterocycles. The molecule has 6 heteroatoms. The van der Waals surface area contributed by atoms with Crippen LogP contribution in [-0.2, 0) is 16.1 Å². The van der Waals surface area contributed by atoms with Crippen molar-refractivity contribution >= 4 is 34.4 Å². The SMILES string of the molecule is Cc1c(C(=O)NOC(=O)Cc2ccccc2)oc2cc(-c3ccc(Cl)cc3)ccc12. The first-order chi connectivity index (χ1) is 14.5. The second-order valence-electron chi connectivity index (χ2n) is 6.84. The second kappa shape index (κ2) is 8.43. The maximum atomic E-state index is 12.5. The molecular weight excluding hydrogens is 402 g/mol. The van der Waals surface area contributed by atoms with Gasteiger partial charge in [-0.3, -0.25) is 4.79 Å². The third kappa shape index (κ3) is 4.21. The molecule has 0 unspecified atom stereocenters. The van der Waals surface area contributed by atoms with Crippen LogP contribution in [0.4, 0.5) is 0 Å². The molecule has 5 nitrogen and oxygen atoms in total. The van der Waals surface area contributed by atoms with E-state index in [1.165, 1.54) is 0 Å². The van der Waals surface area contributed by atoms with Crippen LogP contribution in [0.1, 0.15) is 21.7 Å². The molecule has 3 aromatic carbocycles. The lowest BCUT2D eigenvalue weighted by atomic mass is 10.0. The number of hydroxylamine groups is 1. The standard InChI is InChI=1S/C24H18ClNO4/c1-15-20-12-9-18(17-7-10-19(25)11-8-17)14-21(20)29-23(15)24(28)26-30-22(27)13-16-5-3-2-4-6-16/h2-12,14H,13H2,1H3,(H,26,28). The number of hydrogen-bond acceptors (Lipinski definition) is 4. The van der Waals surface area contributed by atoms with Gasteiger partial charge in [-0.15, -0.1) is 0 Å². The quantitative estimate of drug-likeness (QED) is 0.444. The Morgan fingerprint density at radius 3 is 2.40 bits per heavy atom. The number of rotatable bonds is 4. The number of fused-ring (bicyclic) bond motifs is 1. The third-order valence-electron chi connectivity index (χ3n) is 4.77. The third-order valence-corrected chi connectivity index (χ3v) is 5.02. The summed E-state index contributed by atoms with van der Waals surface area (Å²) in [7, 11) is 0. The van der Waals surface area contributed by atoms with Gasteiger partial charge in [0, 0.05) is 16.0 Å². The largest absolute Gasteiger partial charge is 0.450 e. The van der Waals surface area contributed by atoms with Gasteiger partial charge in [-0.05, 0) is 41.8 Å². The van der Waals surface area contributed by atoms with E-state index in [0.717, 1.165) is 22.1 Å². The highest BCUT2D eigenvalue weighted by Gasteiger charge is 2.19. The van der Waals surface area contributed by atoms with Crippen molar-refractivity contribution in [2.45, 2.75) is 13.3 Å². The van der Waals surface area contributed by atoms with Crippen molar-refractivity contribution in [1.82, 2.24) is 5.48 Å². The molecule has 4 aromatic rings. The summed E-state index contributed by atoms with van der Waals surface area (Å²) in [6.07, 6.45) is 0.0602. The minimum Gasteiger partial charge on any atom is -0.450 e. The summed E-state index contributed by atoms with van der Waals surface area (Å²) in [5.41, 5.74) is 6.14. The molecule has 1 N–H and O–H groups in total. The van der Waals surface area contributed by atoms with Crippen LogP contribution in [0.2, 0.25) is 5.02 Å². The Bertz CT molecular complexity index is 1210. The van der Waals surface area contributed by atoms with Crippen LogP contribution >= 0.6 is 11.6 Å². The number of furan rings is 1. The van der Waals surface area contributed by atoms with Crippen LogP contribution < -0.4 is 5.48 Å². The van der Waals surface area contributed by atoms with Crippen molar-refractivity contribution in [3.05, 3.63) is 94.7 Å². The Kier molecular flexibility index (Phi) is 5.55. The van der Waals surface area contributed by atoms with E-state index < -0.39 is 11.9 Å². The fourth-order valence-corrected chi connectivity index (χ4v) is 3.34. The molecule has 1 heterocycles. The van der Waals surface area contributed by atoms with E-state index in [1.807, 2.05) is 72.8 Å². The van der Waals surface area contributed by atoms with Gasteiger partial charge in [-0.25, -0.2) is 4.79 Å². The Hall–Kier alpha value is -3.57. The smallest absolute Gasteiger partial charge is 0.336 e. The van der Waals surface area contributed by atoms with Gasteiger partial charge in [-0.1, -0.05) is 66.2 Å². The van der Waals surface area contributed by atoms with Crippen LogP contribution in [0.25, 0.3) is 22.1 Å². The molecule has 0 aliphatic heterocycles. The van der Waals surface area contributed by atoms with Gasteiger partial charge >= 0.3 is 11.9 Å². The van der Waals surface area contributed by atoms with Crippen molar-refractivity contribution in [2.75, 3.05) is 0 Å². The van der Waals surface area contributed by atoms with E-state index in [4.69, 9.17) is 20.9 Å². The van der Waals surface area contributed by atoms with E-state index in [2.05, 4.69) is 5.48 Å². The van der Waals surface area contributed by atoms with Crippen molar-refractivity contribution < 1.29 is 18.8 Å². The van der Waals surface area contributed by atoms with Crippen molar-refractivity contribution in [3.8, 4) is 11.1 Å². The predicted molar refractivity (Wildman–Crippen MR) is 115 cm³/mol. The molecule has 0 aliphatic carbocycles. The van der Waals surface area contributed by atoms with Crippen LogP contribution in [0.5, 0.6) is 0 Å². The van der Waals surface area contributed by atoms with Gasteiger partial charge < -0.3 is 9.25 Å². The summed E-state index contributed by atoms with van der Waals surface area (Å²) in [6.45, 7) is 1.79. The number of aryl methyl sites for hydroxylation is 1. The van der Waals surface area contributed by atoms with E-state index in [1.54, 1.807) is 6.92 Å². The Balaban J connectivity index is 1.49. The molecule has 0 bridgehead atoms. The van der Waals surface area contributed by atoms with Crippen LogP contribution in [0.15, 0.2) is 77.2 Å². The molecule has 0 aliphatic rings. The first-order valence-electron chi connectivity index (χ1n) is 9.34. The molecule has 0 atom stereocenters. The molecule has 0 saturated heterocycles. The normalized spacial score (nSPS) is 10.7. The van der Waals surface area contributed by atoms with Gasteiger partial charge in [0.25, 0.3) is 0 Å². The highest BCUT2D eigenvalue weighted by molar-refractivity contribution is 6.30. The lowest BCUT2D eigenvalue weighted by molar-refractivity contribution is -0.148. The zero-order valence-corrected chi connectivity index (χ0v) is 16.9. The predicted octanol–water partition coefficient (Wildman–Crippen LogP) is 5.49. The lowest BCUT2D eigenvalue weighted by Crippen LogP contribution is -2.28. The number of hydrogen-bond donors (Lipinski definition) is 1. The highest BCUT2D eigenvalue weighted by atomic mass is 35.5. The second-order valence-corrected chi connectivity index (χ2v) is 7.28. The number of carbonyl (C=O) groups excluding carboxylic acids is 2. The number of halogens is 1. The molecule has 4 rings (SSSR count). The van der Waals surface area contributed by atoms with Crippen molar-refractivity contribution in [3.63, 3.8) is 0 Å². The molecule has 0 saturated carbocycles. The Morgan fingerprint density at radius 1 is 0.967 bits per heavy atom. The fourth-order valence-electron chi connectivity index (χ4n) is 3.21. The van der Waals surface area contributed by atoms with E-state index >= 15 is 0 Å². The fraction of sp³-hybridized carbons (Fsp3) is 0.0833. The number of benzene rings is 3. The number of nitrogens with one attached hydrogen (secondary N) is 1. The van der Waals surface area contributed by atoms with Crippen molar-refractivity contribution in [1.29, 1.82) is 0 Å². The maximum absolute atomic E-state index is 12.5. The van der Waals surface area contributed by atoms with Gasteiger partial charge in [-0.2, -0.15) is 5.48 Å². The Morgan fingerprint density at radius 2 is 1.67 bits per heavy atom. The summed E-state index contributed by atoms with van der Waals surface area (Å²) < 4.78 is 5.77. The highest BCUT2D eigenvalue weighted by Crippen LogP contribution is 2.30. The van der Waals surface area contributed by atoms with Gasteiger partial charge in [0.15, 0.2) is 5.76 Å². The average Bonchev–Trinajstić information content (AvgIpc) is 3.09. The maximum Gasteiger partial charge on any atom is 0.336 e. The Labute approximate surface area is 178 Å². The number of carbonyl (C=O) groups is 2. The van der Waals surface area contributed by atoms with Crippen molar-refractivity contribution in [2.24, 2.45) is 0 Å². The van der Waals surface area contributed by atoms with E-state index in [0.29, 0.717) is 16.2 Å². The minimum absolute atomic E-state index is 0.0602. The average molecular weight is 420 g/mol. The molecule has 1 amide bonds. The molecular formula is C24H18ClNO4. The van der Waals surface area contributed by atoms with Crippen LogP contribution in [0, 0.1) is 6.92 Å². The van der Waals surface area contributed by atoms with Crippen LogP contribution in [-0.4, -0.2) is 11.9 Å². The summed E-state index contributed by atoms with van der Waals surface area (Å²) >= 11 is 5.95. The first-order valence-corrected chi connectivity index (χ1v) is 9.72. The molecule has 0 radical (unpaired) electrons. The summed E-state index contributed by atoms with van der Waals surface area (Å²) in [5, 5.41) is 1.47. The molecule has 0 spiro atoms. The molecule has 30 heavy (non-hydrogen) atoms. The minimum atomic E-state index is -0.613. The monoisotopic (exact) mass is 419 g/mol. The molecule has 0 fully saturated rings. The van der Waals surface area contributed by atoms with E-state index in [9.17, 15) is 9.59 Å².